The highest BCUT2D eigenvalue weighted by atomic mass is 79.9. The Kier molecular flexibility index (Phi) is 7.47. The van der Waals surface area contributed by atoms with Gasteiger partial charge in [0.25, 0.3) is 5.91 Å². The maximum absolute atomic E-state index is 13.4. The van der Waals surface area contributed by atoms with Crippen LogP contribution < -0.4 is 14.8 Å². The van der Waals surface area contributed by atoms with Gasteiger partial charge in [0.2, 0.25) is 0 Å². The van der Waals surface area contributed by atoms with Crippen LogP contribution in [0.2, 0.25) is 0 Å². The third-order valence-corrected chi connectivity index (χ3v) is 5.04. The number of phenols is 1. The number of methoxy groups -OCH3 is 1. The number of carbonyl (C=O) groups is 1. The SMILES string of the molecule is COc1cc(/C=C(\C#N)C(=O)Nc2ccc(O)cc2)c(Br)cc1OCc1cccc(F)c1. The van der Waals surface area contributed by atoms with Crippen LogP contribution in [0.25, 0.3) is 6.08 Å². The quantitative estimate of drug-likeness (QED) is 0.258. The number of carbonyl (C=O) groups excluding carboxylic acids is 1. The summed E-state index contributed by atoms with van der Waals surface area (Å²) >= 11 is 3.42. The molecule has 3 aromatic carbocycles. The Morgan fingerprint density at radius 3 is 2.59 bits per heavy atom. The molecule has 0 bridgehead atoms. The molecule has 162 valence electrons. The molecule has 0 saturated heterocycles. The van der Waals surface area contributed by atoms with E-state index in [4.69, 9.17) is 9.47 Å². The van der Waals surface area contributed by atoms with Crippen molar-refractivity contribution >= 4 is 33.6 Å². The fourth-order valence-corrected chi connectivity index (χ4v) is 3.21. The molecule has 0 saturated carbocycles. The first-order valence-corrected chi connectivity index (χ1v) is 10.2. The zero-order valence-corrected chi connectivity index (χ0v) is 18.5. The Bertz CT molecular complexity index is 1200. The third kappa shape index (κ3) is 5.86. The monoisotopic (exact) mass is 496 g/mol. The van der Waals surface area contributed by atoms with Crippen LogP contribution in [0.1, 0.15) is 11.1 Å². The molecule has 2 N–H and O–H groups in total. The largest absolute Gasteiger partial charge is 0.508 e. The molecule has 0 aliphatic rings. The van der Waals surface area contributed by atoms with Crippen LogP contribution >= 0.6 is 15.9 Å². The van der Waals surface area contributed by atoms with E-state index >= 15 is 0 Å². The van der Waals surface area contributed by atoms with E-state index in [2.05, 4.69) is 21.2 Å². The van der Waals surface area contributed by atoms with Gasteiger partial charge in [0, 0.05) is 10.2 Å². The Labute approximate surface area is 192 Å². The molecule has 0 aliphatic carbocycles. The molecule has 8 heteroatoms. The van der Waals surface area contributed by atoms with E-state index < -0.39 is 5.91 Å². The molecule has 0 radical (unpaired) electrons. The maximum Gasteiger partial charge on any atom is 0.266 e. The topological polar surface area (TPSA) is 91.6 Å². The molecular formula is C24H18BrFN2O4. The molecule has 6 nitrogen and oxygen atoms in total. The second-order valence-corrected chi connectivity index (χ2v) is 7.47. The molecule has 0 aromatic heterocycles. The number of nitrogens with zero attached hydrogens (tertiary/aromatic N) is 1. The lowest BCUT2D eigenvalue weighted by Gasteiger charge is -2.13. The summed E-state index contributed by atoms with van der Waals surface area (Å²) < 4.78 is 25.1. The van der Waals surface area contributed by atoms with E-state index in [0.717, 1.165) is 0 Å². The van der Waals surface area contributed by atoms with E-state index in [1.165, 1.54) is 49.6 Å². The zero-order chi connectivity index (χ0) is 23.1. The second-order valence-electron chi connectivity index (χ2n) is 6.61. The van der Waals surface area contributed by atoms with Crippen LogP contribution in [0.3, 0.4) is 0 Å². The van der Waals surface area contributed by atoms with Crippen LogP contribution in [-0.2, 0) is 11.4 Å². The summed E-state index contributed by atoms with van der Waals surface area (Å²) in [4.78, 5) is 12.5. The van der Waals surface area contributed by atoms with Gasteiger partial charge < -0.3 is 19.9 Å². The number of phenolic OH excluding ortho intramolecular Hbond substituents is 1. The molecule has 0 fully saturated rings. The summed E-state index contributed by atoms with van der Waals surface area (Å²) in [6, 6.07) is 17.1. The Morgan fingerprint density at radius 2 is 1.94 bits per heavy atom. The van der Waals surface area contributed by atoms with Gasteiger partial charge in [0.15, 0.2) is 11.5 Å². The average Bonchev–Trinajstić information content (AvgIpc) is 2.78. The number of amides is 1. The van der Waals surface area contributed by atoms with Crippen molar-refractivity contribution in [1.29, 1.82) is 5.26 Å². The lowest BCUT2D eigenvalue weighted by atomic mass is 10.1. The van der Waals surface area contributed by atoms with Gasteiger partial charge in [0.1, 0.15) is 29.8 Å². The molecule has 0 atom stereocenters. The maximum atomic E-state index is 13.4. The van der Waals surface area contributed by atoms with Crippen molar-refractivity contribution in [2.24, 2.45) is 0 Å². The molecule has 0 unspecified atom stereocenters. The first kappa shape index (κ1) is 22.8. The number of hydrogen-bond donors (Lipinski definition) is 2. The molecular weight excluding hydrogens is 479 g/mol. The second kappa shape index (κ2) is 10.5. The Morgan fingerprint density at radius 1 is 1.19 bits per heavy atom. The minimum Gasteiger partial charge on any atom is -0.508 e. The minimum atomic E-state index is -0.601. The van der Waals surface area contributed by atoms with Crippen LogP contribution in [0.15, 0.2) is 70.7 Å². The van der Waals surface area contributed by atoms with E-state index in [9.17, 15) is 19.6 Å². The van der Waals surface area contributed by atoms with Crippen molar-refractivity contribution in [3.8, 4) is 23.3 Å². The number of hydrogen-bond acceptors (Lipinski definition) is 5. The van der Waals surface area contributed by atoms with Crippen LogP contribution in [0.5, 0.6) is 17.2 Å². The van der Waals surface area contributed by atoms with Crippen molar-refractivity contribution in [3.05, 3.63) is 87.7 Å². The summed E-state index contributed by atoms with van der Waals surface area (Å²) in [5.74, 6) is -0.0977. The first-order chi connectivity index (χ1) is 15.4. The van der Waals surface area contributed by atoms with Gasteiger partial charge in [-0.05, 0) is 65.7 Å². The number of ether oxygens (including phenoxy) is 2. The van der Waals surface area contributed by atoms with E-state index in [-0.39, 0.29) is 23.7 Å². The predicted molar refractivity (Wildman–Crippen MR) is 122 cm³/mol. The molecule has 3 rings (SSSR count). The van der Waals surface area contributed by atoms with Crippen LogP contribution in [0, 0.1) is 17.1 Å². The molecule has 0 spiro atoms. The number of nitriles is 1. The van der Waals surface area contributed by atoms with E-state index in [1.807, 2.05) is 6.07 Å². The Hall–Kier alpha value is -3.83. The Balaban J connectivity index is 1.81. The van der Waals surface area contributed by atoms with E-state index in [0.29, 0.717) is 32.8 Å². The molecule has 0 aliphatic heterocycles. The van der Waals surface area contributed by atoms with Crippen molar-refractivity contribution < 1.29 is 23.8 Å². The smallest absolute Gasteiger partial charge is 0.266 e. The third-order valence-electron chi connectivity index (χ3n) is 4.36. The number of rotatable bonds is 7. The number of aromatic hydroxyl groups is 1. The lowest BCUT2D eigenvalue weighted by molar-refractivity contribution is -0.112. The van der Waals surface area contributed by atoms with Gasteiger partial charge in [0.05, 0.1) is 7.11 Å². The molecule has 3 aromatic rings. The highest BCUT2D eigenvalue weighted by molar-refractivity contribution is 9.10. The average molecular weight is 497 g/mol. The highest BCUT2D eigenvalue weighted by Gasteiger charge is 2.14. The van der Waals surface area contributed by atoms with Crippen LogP contribution in [-0.4, -0.2) is 18.1 Å². The number of nitrogens with one attached hydrogen (secondary N) is 1. The fraction of sp³-hybridized carbons (Fsp3) is 0.0833. The minimum absolute atomic E-state index is 0.0646. The van der Waals surface area contributed by atoms with Crippen molar-refractivity contribution in [1.82, 2.24) is 0 Å². The summed E-state index contributed by atoms with van der Waals surface area (Å²) in [5, 5.41) is 21.4. The van der Waals surface area contributed by atoms with Crippen molar-refractivity contribution in [3.63, 3.8) is 0 Å². The zero-order valence-electron chi connectivity index (χ0n) is 16.9. The van der Waals surface area contributed by atoms with Gasteiger partial charge >= 0.3 is 0 Å². The first-order valence-electron chi connectivity index (χ1n) is 9.36. The van der Waals surface area contributed by atoms with Gasteiger partial charge in [-0.1, -0.05) is 28.1 Å². The van der Waals surface area contributed by atoms with Crippen molar-refractivity contribution in [2.45, 2.75) is 6.61 Å². The number of benzene rings is 3. The number of anilines is 1. The summed E-state index contributed by atoms with van der Waals surface area (Å²) in [6.07, 6.45) is 1.42. The normalized spacial score (nSPS) is 10.9. The molecule has 0 heterocycles. The summed E-state index contributed by atoms with van der Waals surface area (Å²) in [6.45, 7) is 0.133. The fourth-order valence-electron chi connectivity index (χ4n) is 2.77. The number of halogens is 2. The lowest BCUT2D eigenvalue weighted by Crippen LogP contribution is -2.13. The van der Waals surface area contributed by atoms with Gasteiger partial charge in [-0.3, -0.25) is 4.79 Å². The van der Waals surface area contributed by atoms with Gasteiger partial charge in [-0.15, -0.1) is 0 Å². The van der Waals surface area contributed by atoms with E-state index in [1.54, 1.807) is 24.3 Å². The molecule has 1 amide bonds. The molecule has 32 heavy (non-hydrogen) atoms. The summed E-state index contributed by atoms with van der Waals surface area (Å²) in [7, 11) is 1.47. The van der Waals surface area contributed by atoms with Gasteiger partial charge in [-0.25, -0.2) is 4.39 Å². The van der Waals surface area contributed by atoms with Crippen molar-refractivity contribution in [2.75, 3.05) is 12.4 Å². The standard InChI is InChI=1S/C24H18BrFN2O4/c1-31-22-11-16(10-17(13-27)24(30)28-19-5-7-20(29)8-6-19)21(25)12-23(22)32-14-15-3-2-4-18(26)9-15/h2-12,29H,14H2,1H3,(H,28,30)/b17-10+. The highest BCUT2D eigenvalue weighted by Crippen LogP contribution is 2.35. The predicted octanol–water partition coefficient (Wildman–Crippen LogP) is 5.43. The van der Waals surface area contributed by atoms with Crippen LogP contribution in [0.4, 0.5) is 10.1 Å². The summed E-state index contributed by atoms with van der Waals surface area (Å²) in [5.41, 5.74) is 1.49. The van der Waals surface area contributed by atoms with Gasteiger partial charge in [-0.2, -0.15) is 5.26 Å².